The Balaban J connectivity index is 1.87. The smallest absolute Gasteiger partial charge is 0.271 e. The lowest BCUT2D eigenvalue weighted by Crippen LogP contribution is -2.13. The highest BCUT2D eigenvalue weighted by atomic mass is 16.6. The number of nitrogens with one attached hydrogen (secondary N) is 1. The number of ether oxygens (including phenoxy) is 2. The number of carbonyl (C=O) groups is 1. The van der Waals surface area contributed by atoms with E-state index in [1.165, 1.54) is 37.5 Å². The Morgan fingerprint density at radius 1 is 1.12 bits per heavy atom. The van der Waals surface area contributed by atoms with Crippen LogP contribution in [0.3, 0.4) is 0 Å². The van der Waals surface area contributed by atoms with Crippen LogP contribution in [-0.2, 0) is 11.4 Å². The third-order valence-corrected chi connectivity index (χ3v) is 4.44. The number of methoxy groups -OCH3 is 1. The molecule has 0 radical (unpaired) electrons. The van der Waals surface area contributed by atoms with Crippen LogP contribution >= 0.6 is 0 Å². The molecule has 0 spiro atoms. The Hall–Kier alpha value is -4.64. The molecule has 0 fully saturated rings. The minimum atomic E-state index is -0.704. The van der Waals surface area contributed by atoms with Crippen molar-refractivity contribution in [1.82, 2.24) is 0 Å². The molecule has 0 saturated heterocycles. The van der Waals surface area contributed by atoms with Crippen LogP contribution < -0.4 is 14.8 Å². The SMILES string of the molecule is COc1cccc(/C=C(\C#N)C(=O)Nc2cccc([N+](=O)[O-])c2)c1OCc1ccccc1. The summed E-state index contributed by atoms with van der Waals surface area (Å²) in [5.74, 6) is 0.130. The number of benzene rings is 3. The summed E-state index contributed by atoms with van der Waals surface area (Å²) < 4.78 is 11.3. The normalized spacial score (nSPS) is 10.7. The van der Waals surface area contributed by atoms with E-state index >= 15 is 0 Å². The largest absolute Gasteiger partial charge is 0.493 e. The molecular weight excluding hydrogens is 410 g/mol. The molecule has 0 heterocycles. The van der Waals surface area contributed by atoms with Gasteiger partial charge in [-0.2, -0.15) is 5.26 Å². The Morgan fingerprint density at radius 2 is 1.88 bits per heavy atom. The van der Waals surface area contributed by atoms with Crippen molar-refractivity contribution in [2.24, 2.45) is 0 Å². The minimum absolute atomic E-state index is 0.172. The van der Waals surface area contributed by atoms with Gasteiger partial charge in [-0.15, -0.1) is 0 Å². The lowest BCUT2D eigenvalue weighted by atomic mass is 10.1. The molecule has 0 aliphatic heterocycles. The lowest BCUT2D eigenvalue weighted by molar-refractivity contribution is -0.384. The Bertz CT molecular complexity index is 1200. The summed E-state index contributed by atoms with van der Waals surface area (Å²) in [7, 11) is 1.50. The van der Waals surface area contributed by atoms with Gasteiger partial charge in [0.05, 0.1) is 12.0 Å². The van der Waals surface area contributed by atoms with Gasteiger partial charge in [-0.3, -0.25) is 14.9 Å². The summed E-state index contributed by atoms with van der Waals surface area (Å²) in [5.41, 5.74) is 1.25. The molecule has 0 aliphatic carbocycles. The Kier molecular flexibility index (Phi) is 7.17. The predicted molar refractivity (Wildman–Crippen MR) is 119 cm³/mol. The van der Waals surface area contributed by atoms with Crippen LogP contribution in [0.4, 0.5) is 11.4 Å². The molecule has 8 nitrogen and oxygen atoms in total. The number of hydrogen-bond acceptors (Lipinski definition) is 6. The molecule has 8 heteroatoms. The first-order chi connectivity index (χ1) is 15.5. The van der Waals surface area contributed by atoms with E-state index in [0.717, 1.165) is 5.56 Å². The second kappa shape index (κ2) is 10.4. The number of nitrogens with zero attached hydrogens (tertiary/aromatic N) is 2. The third-order valence-electron chi connectivity index (χ3n) is 4.44. The monoisotopic (exact) mass is 429 g/mol. The van der Waals surface area contributed by atoms with E-state index in [-0.39, 0.29) is 23.6 Å². The number of nitro benzene ring substituents is 1. The lowest BCUT2D eigenvalue weighted by Gasteiger charge is -2.14. The molecule has 0 unspecified atom stereocenters. The number of rotatable bonds is 8. The van der Waals surface area contributed by atoms with Crippen molar-refractivity contribution in [2.45, 2.75) is 6.61 Å². The van der Waals surface area contributed by atoms with Crippen molar-refractivity contribution < 1.29 is 19.2 Å². The zero-order valence-corrected chi connectivity index (χ0v) is 17.1. The second-order valence-electron chi connectivity index (χ2n) is 6.58. The van der Waals surface area contributed by atoms with Gasteiger partial charge in [0, 0.05) is 23.4 Å². The minimum Gasteiger partial charge on any atom is -0.493 e. The Labute approximate surface area is 184 Å². The molecule has 1 N–H and O–H groups in total. The highest BCUT2D eigenvalue weighted by molar-refractivity contribution is 6.10. The first kappa shape index (κ1) is 22.1. The summed E-state index contributed by atoms with van der Waals surface area (Å²) in [5, 5.41) is 23.0. The first-order valence-corrected chi connectivity index (χ1v) is 9.53. The molecule has 0 bridgehead atoms. The van der Waals surface area contributed by atoms with Crippen LogP contribution in [0.5, 0.6) is 11.5 Å². The van der Waals surface area contributed by atoms with E-state index in [1.807, 2.05) is 36.4 Å². The van der Waals surface area contributed by atoms with Crippen molar-refractivity contribution in [2.75, 3.05) is 12.4 Å². The van der Waals surface area contributed by atoms with Crippen molar-refractivity contribution in [1.29, 1.82) is 5.26 Å². The highest BCUT2D eigenvalue weighted by Gasteiger charge is 2.15. The van der Waals surface area contributed by atoms with Crippen molar-refractivity contribution >= 4 is 23.4 Å². The first-order valence-electron chi connectivity index (χ1n) is 9.53. The van der Waals surface area contributed by atoms with Crippen LogP contribution in [-0.4, -0.2) is 17.9 Å². The second-order valence-corrected chi connectivity index (χ2v) is 6.58. The van der Waals surface area contributed by atoms with Gasteiger partial charge in [-0.1, -0.05) is 48.5 Å². The molecule has 32 heavy (non-hydrogen) atoms. The summed E-state index contributed by atoms with van der Waals surface area (Å²) in [6.07, 6.45) is 1.38. The van der Waals surface area contributed by atoms with Crippen LogP contribution in [0.1, 0.15) is 11.1 Å². The maximum absolute atomic E-state index is 12.6. The Morgan fingerprint density at radius 3 is 2.56 bits per heavy atom. The van der Waals surface area contributed by atoms with E-state index in [2.05, 4.69) is 5.32 Å². The van der Waals surface area contributed by atoms with Gasteiger partial charge in [0.1, 0.15) is 18.2 Å². The average molecular weight is 429 g/mol. The topological polar surface area (TPSA) is 114 Å². The zero-order valence-electron chi connectivity index (χ0n) is 17.1. The summed E-state index contributed by atoms with van der Waals surface area (Å²) in [6.45, 7) is 0.268. The molecule has 0 atom stereocenters. The molecule has 0 aromatic heterocycles. The van der Waals surface area contributed by atoms with E-state index in [4.69, 9.17) is 9.47 Å². The number of para-hydroxylation sites is 1. The van der Waals surface area contributed by atoms with Crippen LogP contribution in [0.25, 0.3) is 6.08 Å². The zero-order chi connectivity index (χ0) is 22.9. The van der Waals surface area contributed by atoms with Gasteiger partial charge in [0.25, 0.3) is 11.6 Å². The molecule has 3 aromatic carbocycles. The van der Waals surface area contributed by atoms with E-state index in [1.54, 1.807) is 18.2 Å². The number of amides is 1. The predicted octanol–water partition coefficient (Wildman–Crippen LogP) is 4.73. The quantitative estimate of drug-likeness (QED) is 0.240. The van der Waals surface area contributed by atoms with E-state index in [9.17, 15) is 20.2 Å². The molecular formula is C24H19N3O5. The number of hydrogen-bond donors (Lipinski definition) is 1. The summed E-state index contributed by atoms with van der Waals surface area (Å²) in [4.78, 5) is 23.0. The van der Waals surface area contributed by atoms with E-state index < -0.39 is 10.8 Å². The molecule has 0 saturated carbocycles. The number of nitriles is 1. The number of nitro groups is 1. The number of anilines is 1. The summed E-state index contributed by atoms with van der Waals surface area (Å²) in [6, 6.07) is 22.0. The van der Waals surface area contributed by atoms with Gasteiger partial charge >= 0.3 is 0 Å². The maximum Gasteiger partial charge on any atom is 0.271 e. The standard InChI is InChI=1S/C24H19N3O5/c1-31-22-12-5-9-18(23(22)32-16-17-7-3-2-4-8-17)13-19(15-25)24(28)26-20-10-6-11-21(14-20)27(29)30/h2-14H,16H2,1H3,(H,26,28)/b19-13+. The van der Waals surface area contributed by atoms with Gasteiger partial charge in [0.2, 0.25) is 0 Å². The van der Waals surface area contributed by atoms with Crippen LogP contribution in [0.2, 0.25) is 0 Å². The van der Waals surface area contributed by atoms with Gasteiger partial charge in [-0.05, 0) is 23.8 Å². The van der Waals surface area contributed by atoms with Crippen LogP contribution in [0.15, 0.2) is 78.4 Å². The van der Waals surface area contributed by atoms with Crippen molar-refractivity contribution in [3.63, 3.8) is 0 Å². The maximum atomic E-state index is 12.6. The molecule has 0 aliphatic rings. The highest BCUT2D eigenvalue weighted by Crippen LogP contribution is 2.33. The molecule has 1 amide bonds. The number of non-ortho nitro benzene ring substituents is 1. The average Bonchev–Trinajstić information content (AvgIpc) is 2.82. The van der Waals surface area contributed by atoms with Gasteiger partial charge in [0.15, 0.2) is 11.5 Å². The van der Waals surface area contributed by atoms with E-state index in [0.29, 0.717) is 17.1 Å². The molecule has 3 aromatic rings. The van der Waals surface area contributed by atoms with Gasteiger partial charge < -0.3 is 14.8 Å². The van der Waals surface area contributed by atoms with Crippen molar-refractivity contribution in [3.05, 3.63) is 99.6 Å². The third kappa shape index (κ3) is 5.49. The fourth-order valence-electron chi connectivity index (χ4n) is 2.89. The number of carbonyl (C=O) groups excluding carboxylic acids is 1. The molecule has 160 valence electrons. The fourth-order valence-corrected chi connectivity index (χ4v) is 2.89. The van der Waals surface area contributed by atoms with Crippen molar-refractivity contribution in [3.8, 4) is 17.6 Å². The fraction of sp³-hybridized carbons (Fsp3) is 0.0833. The summed E-state index contributed by atoms with van der Waals surface area (Å²) >= 11 is 0. The van der Waals surface area contributed by atoms with Gasteiger partial charge in [-0.25, -0.2) is 0 Å². The molecule has 3 rings (SSSR count). The van der Waals surface area contributed by atoms with Crippen LogP contribution in [0, 0.1) is 21.4 Å².